The van der Waals surface area contributed by atoms with Gasteiger partial charge in [0.25, 0.3) is 15.9 Å². The maximum Gasteiger partial charge on any atom is 0.266 e. The van der Waals surface area contributed by atoms with Crippen molar-refractivity contribution in [3.05, 3.63) is 53.6 Å². The third kappa shape index (κ3) is 6.20. The van der Waals surface area contributed by atoms with Crippen molar-refractivity contribution in [1.82, 2.24) is 10.3 Å². The van der Waals surface area contributed by atoms with Gasteiger partial charge in [0.05, 0.1) is 30.2 Å². The lowest BCUT2D eigenvalue weighted by Gasteiger charge is -2.13. The van der Waals surface area contributed by atoms with Crippen LogP contribution in [0.25, 0.3) is 0 Å². The molecule has 0 radical (unpaired) electrons. The largest absolute Gasteiger partial charge is 0.493 e. The number of sulfonamides is 1. The third-order valence-electron chi connectivity index (χ3n) is 3.97. The normalized spacial score (nSPS) is 11.0. The molecule has 0 saturated carbocycles. The van der Waals surface area contributed by atoms with E-state index in [0.717, 1.165) is 6.42 Å². The van der Waals surface area contributed by atoms with Gasteiger partial charge in [-0.25, -0.2) is 8.42 Å². The molecule has 1 amide bonds. The number of nitrogens with one attached hydrogen (secondary N) is 2. The summed E-state index contributed by atoms with van der Waals surface area (Å²) in [5, 5.41) is 8.78. The quantitative estimate of drug-likeness (QED) is 0.606. The van der Waals surface area contributed by atoms with Crippen molar-refractivity contribution in [2.75, 3.05) is 13.7 Å². The van der Waals surface area contributed by atoms with Gasteiger partial charge in [0.1, 0.15) is 0 Å². The Morgan fingerprint density at radius 1 is 1.14 bits per heavy atom. The molecule has 8 nitrogen and oxygen atoms in total. The molecule has 2 rings (SSSR count). The lowest BCUT2D eigenvalue weighted by molar-refractivity contribution is 0.0944. The fraction of sp³-hybridized carbons (Fsp3) is 0.300. The van der Waals surface area contributed by atoms with Crippen molar-refractivity contribution in [3.8, 4) is 17.6 Å². The van der Waals surface area contributed by atoms with Gasteiger partial charge in [0, 0.05) is 5.56 Å². The smallest absolute Gasteiger partial charge is 0.266 e. The van der Waals surface area contributed by atoms with Crippen LogP contribution < -0.4 is 19.7 Å². The fourth-order valence-corrected chi connectivity index (χ4v) is 3.13. The predicted octanol–water partition coefficient (Wildman–Crippen LogP) is 2.62. The van der Waals surface area contributed by atoms with Crippen molar-refractivity contribution >= 4 is 15.9 Å². The molecule has 0 heterocycles. The van der Waals surface area contributed by atoms with Crippen LogP contribution in [-0.4, -0.2) is 28.0 Å². The Kier molecular flexibility index (Phi) is 7.59. The molecular formula is C20H23N3O5S. The Morgan fingerprint density at radius 3 is 2.41 bits per heavy atom. The van der Waals surface area contributed by atoms with Crippen molar-refractivity contribution in [2.45, 2.75) is 25.2 Å². The molecule has 0 aliphatic rings. The number of benzene rings is 2. The van der Waals surface area contributed by atoms with E-state index >= 15 is 0 Å². The van der Waals surface area contributed by atoms with E-state index in [2.05, 4.69) is 19.3 Å². The number of hydrazine groups is 1. The summed E-state index contributed by atoms with van der Waals surface area (Å²) >= 11 is 0. The summed E-state index contributed by atoms with van der Waals surface area (Å²) in [4.78, 5) is 14.3. The molecule has 0 bridgehead atoms. The van der Waals surface area contributed by atoms with Crippen molar-refractivity contribution < 1.29 is 22.7 Å². The fourth-order valence-electron chi connectivity index (χ4n) is 2.29. The summed E-state index contributed by atoms with van der Waals surface area (Å²) in [6.45, 7) is 4.70. The molecule has 0 unspecified atom stereocenters. The second kappa shape index (κ2) is 9.91. The maximum absolute atomic E-state index is 12.3. The molecule has 2 aromatic rings. The predicted molar refractivity (Wildman–Crippen MR) is 107 cm³/mol. The van der Waals surface area contributed by atoms with Crippen molar-refractivity contribution in [1.29, 1.82) is 5.26 Å². The standard InChI is InChI=1S/C20H23N3O5S/c1-14(2)10-11-28-18-9-6-16(12-19(18)27-3)20(24)22-23-29(25,26)17-7-4-15(13-21)5-8-17/h4-9,12,14,23H,10-11H2,1-3H3,(H,22,24). The number of hydrogen-bond donors (Lipinski definition) is 2. The summed E-state index contributed by atoms with van der Waals surface area (Å²) in [6, 6.07) is 11.8. The zero-order valence-electron chi connectivity index (χ0n) is 16.4. The van der Waals surface area contributed by atoms with Crippen LogP contribution in [0.3, 0.4) is 0 Å². The van der Waals surface area contributed by atoms with Crippen molar-refractivity contribution in [3.63, 3.8) is 0 Å². The van der Waals surface area contributed by atoms with Gasteiger partial charge in [-0.05, 0) is 54.8 Å². The van der Waals surface area contributed by atoms with Gasteiger partial charge in [-0.15, -0.1) is 4.83 Å². The Labute approximate surface area is 170 Å². The summed E-state index contributed by atoms with van der Waals surface area (Å²) < 4.78 is 35.5. The second-order valence-electron chi connectivity index (χ2n) is 6.59. The molecule has 154 valence electrons. The molecular weight excluding hydrogens is 394 g/mol. The molecule has 0 aliphatic heterocycles. The highest BCUT2D eigenvalue weighted by Crippen LogP contribution is 2.28. The van der Waals surface area contributed by atoms with Gasteiger partial charge < -0.3 is 9.47 Å². The molecule has 0 fully saturated rings. The molecule has 0 saturated heterocycles. The van der Waals surface area contributed by atoms with Crippen LogP contribution in [0.5, 0.6) is 11.5 Å². The van der Waals surface area contributed by atoms with E-state index in [4.69, 9.17) is 14.7 Å². The lowest BCUT2D eigenvalue weighted by Crippen LogP contribution is -2.41. The number of carbonyl (C=O) groups excluding carboxylic acids is 1. The number of rotatable bonds is 9. The van der Waals surface area contributed by atoms with Crippen LogP contribution in [0, 0.1) is 17.2 Å². The summed E-state index contributed by atoms with van der Waals surface area (Å²) in [5.74, 6) is 0.712. The number of nitriles is 1. The molecule has 2 aromatic carbocycles. The highest BCUT2D eigenvalue weighted by molar-refractivity contribution is 7.89. The van der Waals surface area contributed by atoms with Crippen LogP contribution in [0.1, 0.15) is 36.2 Å². The van der Waals surface area contributed by atoms with E-state index in [1.807, 2.05) is 10.9 Å². The number of ether oxygens (including phenoxy) is 2. The van der Waals surface area contributed by atoms with Gasteiger partial charge in [0.15, 0.2) is 11.5 Å². The van der Waals surface area contributed by atoms with Crippen LogP contribution in [-0.2, 0) is 10.0 Å². The summed E-state index contributed by atoms with van der Waals surface area (Å²) in [5.41, 5.74) is 2.68. The second-order valence-corrected chi connectivity index (χ2v) is 8.27. The van der Waals surface area contributed by atoms with Crippen LogP contribution in [0.15, 0.2) is 47.4 Å². The van der Waals surface area contributed by atoms with Crippen LogP contribution in [0.4, 0.5) is 0 Å². The van der Waals surface area contributed by atoms with Crippen LogP contribution in [0.2, 0.25) is 0 Å². The average Bonchev–Trinajstić information content (AvgIpc) is 2.72. The van der Waals surface area contributed by atoms with Gasteiger partial charge in [-0.1, -0.05) is 13.8 Å². The highest BCUT2D eigenvalue weighted by Gasteiger charge is 2.17. The Morgan fingerprint density at radius 2 is 1.83 bits per heavy atom. The molecule has 0 aromatic heterocycles. The first-order valence-corrected chi connectivity index (χ1v) is 10.4. The molecule has 0 atom stereocenters. The number of amides is 1. The van der Waals surface area contributed by atoms with E-state index in [0.29, 0.717) is 29.6 Å². The van der Waals surface area contributed by atoms with E-state index in [1.54, 1.807) is 6.07 Å². The lowest BCUT2D eigenvalue weighted by atomic mass is 10.1. The van der Waals surface area contributed by atoms with E-state index in [1.165, 1.54) is 43.5 Å². The molecule has 0 aliphatic carbocycles. The Balaban J connectivity index is 2.05. The molecule has 0 spiro atoms. The third-order valence-corrected chi connectivity index (χ3v) is 5.23. The van der Waals surface area contributed by atoms with E-state index in [9.17, 15) is 13.2 Å². The zero-order valence-corrected chi connectivity index (χ0v) is 17.2. The topological polar surface area (TPSA) is 118 Å². The van der Waals surface area contributed by atoms with Crippen molar-refractivity contribution in [2.24, 2.45) is 5.92 Å². The number of hydrogen-bond acceptors (Lipinski definition) is 6. The molecule has 9 heteroatoms. The van der Waals surface area contributed by atoms with Gasteiger partial charge >= 0.3 is 0 Å². The van der Waals surface area contributed by atoms with Gasteiger partial charge in [0.2, 0.25) is 0 Å². The SMILES string of the molecule is COc1cc(C(=O)NNS(=O)(=O)c2ccc(C#N)cc2)ccc1OCCC(C)C. The average molecular weight is 417 g/mol. The first-order valence-electron chi connectivity index (χ1n) is 8.90. The van der Waals surface area contributed by atoms with E-state index < -0.39 is 15.9 Å². The minimum absolute atomic E-state index is 0.0803. The van der Waals surface area contributed by atoms with Gasteiger partial charge in [-0.3, -0.25) is 10.2 Å². The number of carbonyl (C=O) groups is 1. The minimum atomic E-state index is -3.98. The van der Waals surface area contributed by atoms with Crippen LogP contribution >= 0.6 is 0 Å². The Bertz CT molecular complexity index is 996. The Hall–Kier alpha value is -3.09. The first kappa shape index (κ1) is 22.2. The zero-order chi connectivity index (χ0) is 21.4. The molecule has 2 N–H and O–H groups in total. The summed E-state index contributed by atoms with van der Waals surface area (Å²) in [7, 11) is -2.52. The number of nitrogens with zero attached hydrogens (tertiary/aromatic N) is 1. The molecule has 29 heavy (non-hydrogen) atoms. The van der Waals surface area contributed by atoms with E-state index in [-0.39, 0.29) is 10.5 Å². The number of methoxy groups -OCH3 is 1. The monoisotopic (exact) mass is 417 g/mol. The van der Waals surface area contributed by atoms with Gasteiger partial charge in [-0.2, -0.15) is 5.26 Å². The summed E-state index contributed by atoms with van der Waals surface area (Å²) in [6.07, 6.45) is 0.877. The highest BCUT2D eigenvalue weighted by atomic mass is 32.2. The maximum atomic E-state index is 12.3. The first-order chi connectivity index (χ1) is 13.8. The minimum Gasteiger partial charge on any atom is -0.493 e.